The molecule has 1 rings (SSSR count). The molecule has 0 bridgehead atoms. The Bertz CT molecular complexity index is 373. The van der Waals surface area contributed by atoms with E-state index in [4.69, 9.17) is 4.55 Å². The van der Waals surface area contributed by atoms with Gasteiger partial charge >= 0.3 is 29.6 Å². The van der Waals surface area contributed by atoms with E-state index in [2.05, 4.69) is 0 Å². The van der Waals surface area contributed by atoms with Crippen LogP contribution in [0.15, 0.2) is 24.3 Å². The van der Waals surface area contributed by atoms with Crippen molar-refractivity contribution in [1.29, 1.82) is 0 Å². The van der Waals surface area contributed by atoms with Crippen molar-refractivity contribution in [3.63, 3.8) is 0 Å². The van der Waals surface area contributed by atoms with E-state index in [-0.39, 0.29) is 35.3 Å². The Balaban J connectivity index is 0.00000144. The molecule has 0 radical (unpaired) electrons. The van der Waals surface area contributed by atoms with Gasteiger partial charge in [0.15, 0.2) is 0 Å². The Morgan fingerprint density at radius 2 is 1.85 bits per heavy atom. The first-order chi connectivity index (χ1) is 5.49. The van der Waals surface area contributed by atoms with Gasteiger partial charge in [0, 0.05) is 0 Å². The van der Waals surface area contributed by atoms with E-state index in [0.29, 0.717) is 5.56 Å². The Kier molecular flexibility index (Phi) is 5.17. The number of hydrogen-bond donors (Lipinski definition) is 1. The summed E-state index contributed by atoms with van der Waals surface area (Å²) in [5.74, 6) is -0.306. The van der Waals surface area contributed by atoms with Gasteiger partial charge in [0.1, 0.15) is 5.75 Å². The van der Waals surface area contributed by atoms with Crippen LogP contribution in [0.25, 0.3) is 0 Å². The van der Waals surface area contributed by atoms with Gasteiger partial charge in [0.05, 0.1) is 0 Å². The van der Waals surface area contributed by atoms with Crippen molar-refractivity contribution in [2.24, 2.45) is 0 Å². The van der Waals surface area contributed by atoms with Crippen molar-refractivity contribution >= 4 is 39.7 Å². The molecule has 0 aliphatic heterocycles. The summed E-state index contributed by atoms with van der Waals surface area (Å²) in [6.45, 7) is 1.81. The van der Waals surface area contributed by atoms with Gasteiger partial charge in [0.2, 0.25) is 0 Å². The Morgan fingerprint density at radius 3 is 2.31 bits per heavy atom. The second-order valence-electron chi connectivity index (χ2n) is 2.65. The van der Waals surface area contributed by atoms with Crippen molar-refractivity contribution in [1.82, 2.24) is 0 Å². The molecular weight excluding hydrogens is 199 g/mol. The molecule has 68 valence electrons. The van der Waals surface area contributed by atoms with Gasteiger partial charge < -0.3 is 0 Å². The molecule has 0 saturated carbocycles. The molecule has 0 aliphatic carbocycles. The van der Waals surface area contributed by atoms with Crippen molar-refractivity contribution < 1.29 is 13.0 Å². The minimum absolute atomic E-state index is 0. The van der Waals surface area contributed by atoms with Gasteiger partial charge in [-0.15, -0.1) is 0 Å². The summed E-state index contributed by atoms with van der Waals surface area (Å²) in [5.41, 5.74) is 1.51. The fourth-order valence-corrected chi connectivity index (χ4v) is 1.69. The van der Waals surface area contributed by atoms with Crippen LogP contribution in [0.1, 0.15) is 11.1 Å². The Hall–Kier alpha value is 0.130. The van der Waals surface area contributed by atoms with E-state index >= 15 is 0 Å². The minimum atomic E-state index is -3.90. The van der Waals surface area contributed by atoms with Crippen LogP contribution >= 0.6 is 0 Å². The fourth-order valence-electron chi connectivity index (χ4n) is 0.969. The van der Waals surface area contributed by atoms with Crippen molar-refractivity contribution in [2.75, 3.05) is 0 Å². The quantitative estimate of drug-likeness (QED) is 0.578. The number of hydrogen-bond acceptors (Lipinski definition) is 2. The molecule has 0 heterocycles. The van der Waals surface area contributed by atoms with E-state index in [0.717, 1.165) is 5.56 Å². The zero-order chi connectivity index (χ0) is 9.19. The molecule has 5 heteroatoms. The standard InChI is InChI=1S/C8H10O3S.Na.H/c1-7-4-2-3-5-8(7)6-12(9,10)11;;/h2-5H,6H2,1H3,(H,9,10,11);;. The van der Waals surface area contributed by atoms with E-state index in [1.54, 1.807) is 25.1 Å². The van der Waals surface area contributed by atoms with Crippen LogP contribution in [-0.4, -0.2) is 42.5 Å². The fraction of sp³-hybridized carbons (Fsp3) is 0.250. The topological polar surface area (TPSA) is 54.4 Å². The molecule has 0 fully saturated rings. The third kappa shape index (κ3) is 4.78. The molecule has 3 nitrogen and oxygen atoms in total. The van der Waals surface area contributed by atoms with Crippen LogP contribution in [-0.2, 0) is 15.9 Å². The third-order valence-electron chi connectivity index (χ3n) is 1.60. The van der Waals surface area contributed by atoms with Gasteiger partial charge in [-0.3, -0.25) is 4.55 Å². The van der Waals surface area contributed by atoms with E-state index in [1.807, 2.05) is 6.07 Å². The van der Waals surface area contributed by atoms with Gasteiger partial charge in [-0.25, -0.2) is 0 Å². The summed E-state index contributed by atoms with van der Waals surface area (Å²) < 4.78 is 29.6. The van der Waals surface area contributed by atoms with Crippen molar-refractivity contribution in [3.8, 4) is 0 Å². The average molecular weight is 210 g/mol. The third-order valence-corrected chi connectivity index (χ3v) is 2.27. The van der Waals surface area contributed by atoms with Gasteiger partial charge in [-0.05, 0) is 18.1 Å². The zero-order valence-electron chi connectivity index (χ0n) is 6.69. The van der Waals surface area contributed by atoms with Crippen LogP contribution in [0, 0.1) is 6.92 Å². The van der Waals surface area contributed by atoms with E-state index in [1.165, 1.54) is 0 Å². The first-order valence-corrected chi connectivity index (χ1v) is 5.09. The summed E-state index contributed by atoms with van der Waals surface area (Å²) in [7, 11) is -3.90. The predicted octanol–water partition coefficient (Wildman–Crippen LogP) is 0.734. The summed E-state index contributed by atoms with van der Waals surface area (Å²) in [4.78, 5) is 0. The summed E-state index contributed by atoms with van der Waals surface area (Å²) in [6, 6.07) is 7.06. The second kappa shape index (κ2) is 5.12. The molecule has 0 unspecified atom stereocenters. The van der Waals surface area contributed by atoms with Crippen LogP contribution in [0.2, 0.25) is 0 Å². The molecule has 0 amide bonds. The van der Waals surface area contributed by atoms with Crippen LogP contribution in [0.5, 0.6) is 0 Å². The summed E-state index contributed by atoms with van der Waals surface area (Å²) in [6.07, 6.45) is 0. The molecule has 0 saturated heterocycles. The normalized spacial score (nSPS) is 10.6. The molecule has 0 aliphatic rings. The first-order valence-electron chi connectivity index (χ1n) is 3.49. The number of aryl methyl sites for hydroxylation is 1. The molecule has 0 spiro atoms. The number of benzene rings is 1. The van der Waals surface area contributed by atoms with E-state index in [9.17, 15) is 8.42 Å². The molecule has 13 heavy (non-hydrogen) atoms. The molecule has 1 aromatic rings. The monoisotopic (exact) mass is 210 g/mol. The van der Waals surface area contributed by atoms with Crippen molar-refractivity contribution in [2.45, 2.75) is 12.7 Å². The first kappa shape index (κ1) is 13.1. The maximum atomic E-state index is 10.5. The predicted molar refractivity (Wildman–Crippen MR) is 53.6 cm³/mol. The molecule has 0 atom stereocenters. The van der Waals surface area contributed by atoms with Crippen LogP contribution in [0.3, 0.4) is 0 Å². The Morgan fingerprint density at radius 1 is 1.31 bits per heavy atom. The van der Waals surface area contributed by atoms with Gasteiger partial charge in [-0.1, -0.05) is 24.3 Å². The van der Waals surface area contributed by atoms with E-state index < -0.39 is 10.1 Å². The SMILES string of the molecule is Cc1ccccc1CS(=O)(=O)O.[NaH]. The summed E-state index contributed by atoms with van der Waals surface area (Å²) in [5, 5.41) is 0. The second-order valence-corrected chi connectivity index (χ2v) is 4.11. The van der Waals surface area contributed by atoms with Crippen molar-refractivity contribution in [3.05, 3.63) is 35.4 Å². The van der Waals surface area contributed by atoms with Crippen LogP contribution < -0.4 is 0 Å². The average Bonchev–Trinajstić information content (AvgIpc) is 1.91. The van der Waals surface area contributed by atoms with Gasteiger partial charge in [-0.2, -0.15) is 8.42 Å². The van der Waals surface area contributed by atoms with Crippen LogP contribution in [0.4, 0.5) is 0 Å². The Labute approximate surface area is 100 Å². The molecule has 0 aromatic heterocycles. The molecule has 1 aromatic carbocycles. The summed E-state index contributed by atoms with van der Waals surface area (Å²) >= 11 is 0. The number of rotatable bonds is 2. The van der Waals surface area contributed by atoms with Gasteiger partial charge in [0.25, 0.3) is 10.1 Å². The maximum absolute atomic E-state index is 10.5. The molecular formula is C8H11NaO3S. The molecule has 1 N–H and O–H groups in total. The zero-order valence-corrected chi connectivity index (χ0v) is 7.50.